The average Bonchev–Trinajstić information content (AvgIpc) is 2.50. The second-order valence-electron chi connectivity index (χ2n) is 4.88. The highest BCUT2D eigenvalue weighted by Crippen LogP contribution is 2.26. The van der Waals surface area contributed by atoms with Gasteiger partial charge >= 0.3 is 0 Å². The molecule has 1 aromatic heterocycles. The Morgan fingerprint density at radius 1 is 1.05 bits per heavy atom. The molecule has 0 atom stereocenters. The standard InChI is InChI=1S/C17H14FN3O/c1-11(22)20-12-5-7-13(8-6-12)21-16-9-10-19-17-14(16)3-2-4-15(17)18/h2-10H,1H3,(H,19,21)(H,20,22). The van der Waals surface area contributed by atoms with Gasteiger partial charge in [-0.15, -0.1) is 0 Å². The van der Waals surface area contributed by atoms with Gasteiger partial charge in [-0.25, -0.2) is 4.39 Å². The molecule has 0 unspecified atom stereocenters. The number of carbonyl (C=O) groups excluding carboxylic acids is 1. The van der Waals surface area contributed by atoms with Crippen molar-refractivity contribution >= 4 is 33.9 Å². The molecule has 0 fully saturated rings. The largest absolute Gasteiger partial charge is 0.355 e. The number of carbonyl (C=O) groups is 1. The molecule has 0 spiro atoms. The first kappa shape index (κ1) is 14.0. The van der Waals surface area contributed by atoms with Gasteiger partial charge in [0.2, 0.25) is 5.91 Å². The van der Waals surface area contributed by atoms with E-state index in [-0.39, 0.29) is 11.7 Å². The molecular formula is C17H14FN3O. The van der Waals surface area contributed by atoms with Gasteiger partial charge in [0.1, 0.15) is 11.3 Å². The zero-order valence-electron chi connectivity index (χ0n) is 11.9. The lowest BCUT2D eigenvalue weighted by atomic mass is 10.1. The number of aromatic nitrogens is 1. The molecule has 1 heterocycles. The van der Waals surface area contributed by atoms with Gasteiger partial charge in [-0.05, 0) is 36.4 Å². The molecule has 0 aliphatic rings. The number of hydrogen-bond acceptors (Lipinski definition) is 3. The number of hydrogen-bond donors (Lipinski definition) is 2. The van der Waals surface area contributed by atoms with Gasteiger partial charge in [-0.1, -0.05) is 12.1 Å². The second kappa shape index (κ2) is 5.81. The fourth-order valence-electron chi connectivity index (χ4n) is 2.24. The van der Waals surface area contributed by atoms with Gasteiger partial charge < -0.3 is 10.6 Å². The first-order valence-electron chi connectivity index (χ1n) is 6.81. The molecule has 0 aliphatic heterocycles. The lowest BCUT2D eigenvalue weighted by Crippen LogP contribution is -2.05. The molecule has 0 bridgehead atoms. The molecule has 3 rings (SSSR count). The predicted octanol–water partition coefficient (Wildman–Crippen LogP) is 4.08. The summed E-state index contributed by atoms with van der Waals surface area (Å²) in [5.74, 6) is -0.460. The van der Waals surface area contributed by atoms with Crippen LogP contribution < -0.4 is 10.6 Å². The summed E-state index contributed by atoms with van der Waals surface area (Å²) in [7, 11) is 0. The fraction of sp³-hybridized carbons (Fsp3) is 0.0588. The normalized spacial score (nSPS) is 10.5. The van der Waals surface area contributed by atoms with E-state index in [0.29, 0.717) is 10.9 Å². The topological polar surface area (TPSA) is 54.0 Å². The van der Waals surface area contributed by atoms with Crippen molar-refractivity contribution in [3.05, 3.63) is 60.5 Å². The summed E-state index contributed by atoms with van der Waals surface area (Å²) in [5, 5.41) is 6.66. The number of benzene rings is 2. The number of amides is 1. The minimum absolute atomic E-state index is 0.115. The van der Waals surface area contributed by atoms with Gasteiger partial charge in [0.05, 0.1) is 0 Å². The van der Waals surface area contributed by atoms with Crippen LogP contribution in [0.5, 0.6) is 0 Å². The van der Waals surface area contributed by atoms with E-state index in [2.05, 4.69) is 15.6 Å². The Bertz CT molecular complexity index is 831. The highest BCUT2D eigenvalue weighted by Gasteiger charge is 2.06. The van der Waals surface area contributed by atoms with Gasteiger partial charge in [0.15, 0.2) is 0 Å². The molecule has 0 radical (unpaired) electrons. The van der Waals surface area contributed by atoms with E-state index in [0.717, 1.165) is 17.1 Å². The van der Waals surface area contributed by atoms with Crippen molar-refractivity contribution in [1.82, 2.24) is 4.98 Å². The second-order valence-corrected chi connectivity index (χ2v) is 4.88. The third-order valence-electron chi connectivity index (χ3n) is 3.21. The van der Waals surface area contributed by atoms with Crippen LogP contribution in [-0.2, 0) is 4.79 Å². The summed E-state index contributed by atoms with van der Waals surface area (Å²) in [6.45, 7) is 1.46. The van der Waals surface area contributed by atoms with Crippen LogP contribution in [-0.4, -0.2) is 10.9 Å². The minimum Gasteiger partial charge on any atom is -0.355 e. The van der Waals surface area contributed by atoms with Crippen molar-refractivity contribution in [2.24, 2.45) is 0 Å². The van der Waals surface area contributed by atoms with Crippen LogP contribution in [0.4, 0.5) is 21.5 Å². The van der Waals surface area contributed by atoms with Crippen molar-refractivity contribution in [1.29, 1.82) is 0 Å². The highest BCUT2D eigenvalue weighted by atomic mass is 19.1. The number of nitrogens with one attached hydrogen (secondary N) is 2. The number of pyridine rings is 1. The molecule has 22 heavy (non-hydrogen) atoms. The summed E-state index contributed by atoms with van der Waals surface area (Å²) in [6, 6.07) is 13.9. The maximum atomic E-state index is 13.7. The maximum absolute atomic E-state index is 13.7. The van der Waals surface area contributed by atoms with Crippen molar-refractivity contribution in [3.63, 3.8) is 0 Å². The first-order valence-corrected chi connectivity index (χ1v) is 6.81. The van der Waals surface area contributed by atoms with E-state index >= 15 is 0 Å². The van der Waals surface area contributed by atoms with Crippen molar-refractivity contribution in [2.45, 2.75) is 6.92 Å². The summed E-state index contributed by atoms with van der Waals surface area (Å²) < 4.78 is 13.7. The Balaban J connectivity index is 1.90. The van der Waals surface area contributed by atoms with Crippen LogP contribution in [0.2, 0.25) is 0 Å². The number of nitrogens with zero attached hydrogens (tertiary/aromatic N) is 1. The Kier molecular flexibility index (Phi) is 3.70. The molecule has 0 saturated carbocycles. The Hall–Kier alpha value is -2.95. The van der Waals surface area contributed by atoms with Crippen LogP contribution in [0.1, 0.15) is 6.92 Å². The van der Waals surface area contributed by atoms with Gasteiger partial charge in [0, 0.05) is 35.6 Å². The van der Waals surface area contributed by atoms with Crippen LogP contribution in [0.25, 0.3) is 10.9 Å². The zero-order valence-corrected chi connectivity index (χ0v) is 11.9. The predicted molar refractivity (Wildman–Crippen MR) is 85.7 cm³/mol. The smallest absolute Gasteiger partial charge is 0.221 e. The number of rotatable bonds is 3. The maximum Gasteiger partial charge on any atom is 0.221 e. The quantitative estimate of drug-likeness (QED) is 0.765. The molecule has 1 amide bonds. The third kappa shape index (κ3) is 2.88. The average molecular weight is 295 g/mol. The van der Waals surface area contributed by atoms with Gasteiger partial charge in [0.25, 0.3) is 0 Å². The molecule has 4 nitrogen and oxygen atoms in total. The van der Waals surface area contributed by atoms with E-state index in [1.165, 1.54) is 13.0 Å². The summed E-state index contributed by atoms with van der Waals surface area (Å²) in [5.41, 5.74) is 2.67. The molecule has 5 heteroatoms. The van der Waals surface area contributed by atoms with Crippen LogP contribution >= 0.6 is 0 Å². The number of halogens is 1. The minimum atomic E-state index is -0.345. The van der Waals surface area contributed by atoms with E-state index in [4.69, 9.17) is 0 Å². The third-order valence-corrected chi connectivity index (χ3v) is 3.21. The Morgan fingerprint density at radius 3 is 2.50 bits per heavy atom. The van der Waals surface area contributed by atoms with Gasteiger partial charge in [-0.3, -0.25) is 9.78 Å². The van der Waals surface area contributed by atoms with Crippen molar-refractivity contribution < 1.29 is 9.18 Å². The monoisotopic (exact) mass is 295 g/mol. The molecule has 0 aliphatic carbocycles. The number of fused-ring (bicyclic) bond motifs is 1. The van der Waals surface area contributed by atoms with E-state index in [1.807, 2.05) is 18.2 Å². The molecule has 110 valence electrons. The molecule has 2 N–H and O–H groups in total. The van der Waals surface area contributed by atoms with Crippen molar-refractivity contribution in [2.75, 3.05) is 10.6 Å². The lowest BCUT2D eigenvalue weighted by Gasteiger charge is -2.10. The SMILES string of the molecule is CC(=O)Nc1ccc(Nc2ccnc3c(F)cccc23)cc1. The van der Waals surface area contributed by atoms with E-state index in [1.54, 1.807) is 30.5 Å². The molecule has 2 aromatic carbocycles. The Morgan fingerprint density at radius 2 is 1.77 bits per heavy atom. The molecule has 3 aromatic rings. The van der Waals surface area contributed by atoms with Crippen molar-refractivity contribution in [3.8, 4) is 0 Å². The van der Waals surface area contributed by atoms with E-state index in [9.17, 15) is 9.18 Å². The van der Waals surface area contributed by atoms with E-state index < -0.39 is 0 Å². The van der Waals surface area contributed by atoms with Gasteiger partial charge in [-0.2, -0.15) is 0 Å². The summed E-state index contributed by atoms with van der Waals surface area (Å²) >= 11 is 0. The highest BCUT2D eigenvalue weighted by molar-refractivity contribution is 5.93. The first-order chi connectivity index (χ1) is 10.6. The van der Waals surface area contributed by atoms with Crippen LogP contribution in [0.15, 0.2) is 54.7 Å². The molecule has 0 saturated heterocycles. The summed E-state index contributed by atoms with van der Waals surface area (Å²) in [6.07, 6.45) is 1.57. The molecular weight excluding hydrogens is 281 g/mol. The van der Waals surface area contributed by atoms with Crippen LogP contribution in [0.3, 0.4) is 0 Å². The number of anilines is 3. The lowest BCUT2D eigenvalue weighted by molar-refractivity contribution is -0.114. The van der Waals surface area contributed by atoms with Crippen LogP contribution in [0, 0.1) is 5.82 Å². The Labute approximate surface area is 127 Å². The number of para-hydroxylation sites is 1. The zero-order chi connectivity index (χ0) is 15.5. The summed E-state index contributed by atoms with van der Waals surface area (Å²) in [4.78, 5) is 15.1. The fourth-order valence-corrected chi connectivity index (χ4v) is 2.24.